The van der Waals surface area contributed by atoms with Gasteiger partial charge in [-0.3, -0.25) is 4.79 Å². The molecule has 7 heteroatoms. The van der Waals surface area contributed by atoms with Crippen molar-refractivity contribution in [2.24, 2.45) is 7.05 Å². The summed E-state index contributed by atoms with van der Waals surface area (Å²) in [5.41, 5.74) is -0.698. The van der Waals surface area contributed by atoms with E-state index in [4.69, 9.17) is 0 Å². The summed E-state index contributed by atoms with van der Waals surface area (Å²) >= 11 is 0. The Bertz CT molecular complexity index is 809. The number of aromatic nitrogens is 1. The molecule has 0 aliphatic carbocycles. The number of nitrogens with zero attached hydrogens (tertiary/aromatic N) is 1. The number of aryl methyl sites for hydroxylation is 1. The van der Waals surface area contributed by atoms with E-state index in [1.54, 1.807) is 0 Å². The van der Waals surface area contributed by atoms with Crippen LogP contribution in [0.2, 0.25) is 0 Å². The molecule has 0 spiro atoms. The van der Waals surface area contributed by atoms with Crippen molar-refractivity contribution in [2.75, 3.05) is 6.26 Å². The van der Waals surface area contributed by atoms with Crippen molar-refractivity contribution in [3.8, 4) is 0 Å². The maximum atomic E-state index is 13.1. The van der Waals surface area contributed by atoms with Gasteiger partial charge in [0.2, 0.25) is 5.43 Å². The number of hydrogen-bond donors (Lipinski definition) is 0. The van der Waals surface area contributed by atoms with E-state index in [1.807, 2.05) is 0 Å². The van der Waals surface area contributed by atoms with E-state index < -0.39 is 31.8 Å². The minimum atomic E-state index is -3.72. The molecule has 0 amide bonds. The molecule has 0 unspecified atom stereocenters. The second kappa shape index (κ2) is 3.88. The highest BCUT2D eigenvalue weighted by Crippen LogP contribution is 2.17. The lowest BCUT2D eigenvalue weighted by atomic mass is 10.2. The van der Waals surface area contributed by atoms with Crippen molar-refractivity contribution < 1.29 is 17.2 Å². The van der Waals surface area contributed by atoms with Crippen LogP contribution in [0.15, 0.2) is 28.0 Å². The Labute approximate surface area is 101 Å². The first-order valence-electron chi connectivity index (χ1n) is 4.90. The Morgan fingerprint density at radius 2 is 1.72 bits per heavy atom. The molecule has 2 rings (SSSR count). The molecule has 1 heterocycles. The summed E-state index contributed by atoms with van der Waals surface area (Å²) in [5, 5.41) is -0.167. The molecule has 0 aliphatic rings. The van der Waals surface area contributed by atoms with Crippen molar-refractivity contribution in [1.82, 2.24) is 4.57 Å². The van der Waals surface area contributed by atoms with E-state index in [2.05, 4.69) is 0 Å². The molecular weight excluding hydrogens is 264 g/mol. The first kappa shape index (κ1) is 12.7. The largest absolute Gasteiger partial charge is 0.349 e. The number of rotatable bonds is 1. The molecule has 2 aromatic rings. The molecule has 0 bridgehead atoms. The fraction of sp³-hybridized carbons (Fsp3) is 0.182. The van der Waals surface area contributed by atoms with Gasteiger partial charge >= 0.3 is 0 Å². The third-order valence-electron chi connectivity index (χ3n) is 2.60. The van der Waals surface area contributed by atoms with Crippen molar-refractivity contribution in [2.45, 2.75) is 4.90 Å². The zero-order valence-electron chi connectivity index (χ0n) is 9.57. The molecule has 0 saturated carbocycles. The highest BCUT2D eigenvalue weighted by atomic mass is 32.2. The van der Waals surface area contributed by atoms with Crippen LogP contribution in [0.5, 0.6) is 0 Å². The number of fused-ring (bicyclic) bond motifs is 1. The quantitative estimate of drug-likeness (QED) is 0.785. The first-order chi connectivity index (χ1) is 8.21. The summed E-state index contributed by atoms with van der Waals surface area (Å²) in [4.78, 5) is 11.5. The summed E-state index contributed by atoms with van der Waals surface area (Å²) in [6.07, 6.45) is 1.98. The maximum Gasteiger partial charge on any atom is 0.208 e. The van der Waals surface area contributed by atoms with Gasteiger partial charge < -0.3 is 4.57 Å². The normalized spacial score (nSPS) is 12.0. The van der Waals surface area contributed by atoms with Crippen LogP contribution >= 0.6 is 0 Å². The summed E-state index contributed by atoms with van der Waals surface area (Å²) in [7, 11) is -2.27. The van der Waals surface area contributed by atoms with Crippen molar-refractivity contribution in [3.63, 3.8) is 0 Å². The van der Waals surface area contributed by atoms with E-state index >= 15 is 0 Å². The van der Waals surface area contributed by atoms with Gasteiger partial charge in [0.15, 0.2) is 21.5 Å². The predicted octanol–water partition coefficient (Wildman–Crippen LogP) is 1.22. The van der Waals surface area contributed by atoms with E-state index in [-0.39, 0.29) is 10.9 Å². The van der Waals surface area contributed by atoms with Gasteiger partial charge in [-0.2, -0.15) is 0 Å². The summed E-state index contributed by atoms with van der Waals surface area (Å²) in [6.45, 7) is 0. The zero-order valence-corrected chi connectivity index (χ0v) is 10.4. The Morgan fingerprint density at radius 1 is 1.17 bits per heavy atom. The summed E-state index contributed by atoms with van der Waals surface area (Å²) in [5.74, 6) is -2.28. The molecule has 18 heavy (non-hydrogen) atoms. The van der Waals surface area contributed by atoms with Crippen LogP contribution in [0.1, 0.15) is 0 Å². The maximum absolute atomic E-state index is 13.1. The highest BCUT2D eigenvalue weighted by molar-refractivity contribution is 7.90. The van der Waals surface area contributed by atoms with Crippen LogP contribution in [0.25, 0.3) is 10.9 Å². The van der Waals surface area contributed by atoms with Crippen LogP contribution < -0.4 is 5.43 Å². The average molecular weight is 273 g/mol. The Balaban J connectivity index is 3.05. The fourth-order valence-corrected chi connectivity index (χ4v) is 2.51. The number of hydrogen-bond acceptors (Lipinski definition) is 3. The van der Waals surface area contributed by atoms with Crippen molar-refractivity contribution in [3.05, 3.63) is 40.2 Å². The number of pyridine rings is 1. The molecule has 96 valence electrons. The summed E-state index contributed by atoms with van der Waals surface area (Å²) in [6, 6.07) is 1.57. The van der Waals surface area contributed by atoms with E-state index in [0.717, 1.165) is 18.5 Å². The summed E-state index contributed by atoms with van der Waals surface area (Å²) < 4.78 is 50.3. The molecule has 1 aromatic carbocycles. The van der Waals surface area contributed by atoms with Crippen LogP contribution in [0.4, 0.5) is 8.78 Å². The van der Waals surface area contributed by atoms with Crippen LogP contribution in [-0.2, 0) is 16.9 Å². The van der Waals surface area contributed by atoms with Crippen LogP contribution in [-0.4, -0.2) is 19.2 Å². The van der Waals surface area contributed by atoms with E-state index in [9.17, 15) is 22.0 Å². The SMILES string of the molecule is Cn1cc(S(C)(=O)=O)c(=O)c2cc(F)c(F)cc21. The monoisotopic (exact) mass is 273 g/mol. The molecule has 0 saturated heterocycles. The van der Waals surface area contributed by atoms with Gasteiger partial charge in [-0.25, -0.2) is 17.2 Å². The van der Waals surface area contributed by atoms with Gasteiger partial charge in [-0.1, -0.05) is 0 Å². The Hall–Kier alpha value is -1.76. The second-order valence-electron chi connectivity index (χ2n) is 3.99. The number of halogens is 2. The third kappa shape index (κ3) is 1.90. The lowest BCUT2D eigenvalue weighted by Gasteiger charge is -2.08. The Morgan fingerprint density at radius 3 is 2.28 bits per heavy atom. The molecule has 1 aromatic heterocycles. The van der Waals surface area contributed by atoms with Gasteiger partial charge in [0.25, 0.3) is 0 Å². The number of sulfone groups is 1. The molecular formula is C11H9F2NO3S. The molecule has 0 atom stereocenters. The topological polar surface area (TPSA) is 56.1 Å². The van der Waals surface area contributed by atoms with Gasteiger partial charge in [-0.15, -0.1) is 0 Å². The minimum Gasteiger partial charge on any atom is -0.349 e. The fourth-order valence-electron chi connectivity index (χ4n) is 1.71. The molecule has 0 N–H and O–H groups in total. The first-order valence-corrected chi connectivity index (χ1v) is 6.79. The van der Waals surface area contributed by atoms with Crippen molar-refractivity contribution >= 4 is 20.7 Å². The third-order valence-corrected chi connectivity index (χ3v) is 3.69. The Kier molecular flexibility index (Phi) is 2.73. The van der Waals surface area contributed by atoms with Gasteiger partial charge in [0.1, 0.15) is 4.90 Å². The second-order valence-corrected chi connectivity index (χ2v) is 5.97. The minimum absolute atomic E-state index is 0.131. The standard InChI is InChI=1S/C11H9F2NO3S/c1-14-5-10(18(2,16)17)11(15)6-3-7(12)8(13)4-9(6)14/h3-5H,1-2H3. The van der Waals surface area contributed by atoms with Gasteiger partial charge in [0, 0.05) is 25.6 Å². The molecule has 0 aliphatic heterocycles. The van der Waals surface area contributed by atoms with Gasteiger partial charge in [0.05, 0.1) is 10.9 Å². The van der Waals surface area contributed by atoms with Crippen molar-refractivity contribution in [1.29, 1.82) is 0 Å². The van der Waals surface area contributed by atoms with Crippen LogP contribution in [0.3, 0.4) is 0 Å². The molecule has 0 radical (unpaired) electrons. The molecule has 4 nitrogen and oxygen atoms in total. The van der Waals surface area contributed by atoms with E-state index in [0.29, 0.717) is 6.07 Å². The number of benzene rings is 1. The smallest absolute Gasteiger partial charge is 0.208 e. The highest BCUT2D eigenvalue weighted by Gasteiger charge is 2.17. The predicted molar refractivity (Wildman–Crippen MR) is 62.2 cm³/mol. The van der Waals surface area contributed by atoms with Crippen LogP contribution in [0, 0.1) is 11.6 Å². The van der Waals surface area contributed by atoms with Gasteiger partial charge in [-0.05, 0) is 6.07 Å². The average Bonchev–Trinajstić information content (AvgIpc) is 2.24. The lowest BCUT2D eigenvalue weighted by Crippen LogP contribution is -2.17. The molecule has 0 fully saturated rings. The lowest BCUT2D eigenvalue weighted by molar-refractivity contribution is 0.510. The zero-order chi connectivity index (χ0) is 13.7. The van der Waals surface area contributed by atoms with E-state index in [1.165, 1.54) is 11.6 Å².